The van der Waals surface area contributed by atoms with Gasteiger partial charge in [-0.25, -0.2) is 4.79 Å². The lowest BCUT2D eigenvalue weighted by atomic mass is 9.97. The fourth-order valence-corrected chi connectivity index (χ4v) is 3.98. The molecule has 0 aliphatic carbocycles. The first kappa shape index (κ1) is 23.9. The van der Waals surface area contributed by atoms with Gasteiger partial charge in [0.15, 0.2) is 6.61 Å². The number of esters is 1. The van der Waals surface area contributed by atoms with Crippen molar-refractivity contribution in [2.75, 3.05) is 6.61 Å². The molecular weight excluding hydrogens is 426 g/mol. The lowest BCUT2D eigenvalue weighted by molar-refractivity contribution is -0.157. The van der Waals surface area contributed by atoms with E-state index in [2.05, 4.69) is 0 Å². The quantitative estimate of drug-likeness (QED) is 0.454. The van der Waals surface area contributed by atoms with Crippen LogP contribution in [0.25, 0.3) is 10.9 Å². The van der Waals surface area contributed by atoms with Gasteiger partial charge in [-0.1, -0.05) is 23.7 Å². The van der Waals surface area contributed by atoms with Crippen LogP contribution in [0.1, 0.15) is 49.9 Å². The summed E-state index contributed by atoms with van der Waals surface area (Å²) in [7, 11) is 0. The molecule has 5 nitrogen and oxygen atoms in total. The van der Waals surface area contributed by atoms with Gasteiger partial charge in [0.25, 0.3) is 5.56 Å². The molecule has 0 amide bonds. The number of pyridine rings is 1. The highest BCUT2D eigenvalue weighted by molar-refractivity contribution is 6.30. The Morgan fingerprint density at radius 2 is 1.75 bits per heavy atom. The standard InChI is InChI=1S/C26H30ClNO4/c1-7-28-21-12-16(2)13-22(31-15-23(29)32-26(4,5)6)24(21)17(3)20(25(28)30)14-18-8-10-19(27)11-9-18/h8-13H,7,14-15H2,1-6H3. The van der Waals surface area contributed by atoms with E-state index < -0.39 is 11.6 Å². The van der Waals surface area contributed by atoms with E-state index >= 15 is 0 Å². The molecule has 0 radical (unpaired) electrons. The van der Waals surface area contributed by atoms with Crippen molar-refractivity contribution in [2.24, 2.45) is 0 Å². The summed E-state index contributed by atoms with van der Waals surface area (Å²) in [6.45, 7) is 11.6. The molecule has 0 aliphatic heterocycles. The number of fused-ring (bicyclic) bond motifs is 1. The van der Waals surface area contributed by atoms with Gasteiger partial charge in [-0.3, -0.25) is 4.79 Å². The van der Waals surface area contributed by atoms with Crippen molar-refractivity contribution in [1.82, 2.24) is 4.57 Å². The van der Waals surface area contributed by atoms with Crippen molar-refractivity contribution in [2.45, 2.75) is 60.1 Å². The van der Waals surface area contributed by atoms with Crippen molar-refractivity contribution in [1.29, 1.82) is 0 Å². The molecule has 0 saturated heterocycles. The first-order valence-corrected chi connectivity index (χ1v) is 11.1. The number of rotatable bonds is 6. The number of ether oxygens (including phenoxy) is 2. The number of aryl methyl sites for hydroxylation is 3. The van der Waals surface area contributed by atoms with Gasteiger partial charge in [0.1, 0.15) is 11.4 Å². The predicted molar refractivity (Wildman–Crippen MR) is 129 cm³/mol. The summed E-state index contributed by atoms with van der Waals surface area (Å²) < 4.78 is 13.1. The molecule has 32 heavy (non-hydrogen) atoms. The van der Waals surface area contributed by atoms with Gasteiger partial charge >= 0.3 is 5.97 Å². The van der Waals surface area contributed by atoms with Crippen molar-refractivity contribution >= 4 is 28.5 Å². The Balaban J connectivity index is 2.11. The zero-order valence-electron chi connectivity index (χ0n) is 19.5. The second-order valence-corrected chi connectivity index (χ2v) is 9.42. The van der Waals surface area contributed by atoms with Gasteiger partial charge < -0.3 is 14.0 Å². The van der Waals surface area contributed by atoms with Gasteiger partial charge in [-0.15, -0.1) is 0 Å². The van der Waals surface area contributed by atoms with E-state index in [9.17, 15) is 9.59 Å². The van der Waals surface area contributed by atoms with Crippen LogP contribution in [-0.2, 0) is 22.5 Å². The third-order valence-electron chi connectivity index (χ3n) is 5.22. The van der Waals surface area contributed by atoms with Crippen LogP contribution < -0.4 is 10.3 Å². The molecule has 0 unspecified atom stereocenters. The lowest BCUT2D eigenvalue weighted by Gasteiger charge is -2.21. The molecule has 1 aromatic heterocycles. The molecule has 3 aromatic rings. The number of benzene rings is 2. The fraction of sp³-hybridized carbons (Fsp3) is 0.385. The zero-order chi connectivity index (χ0) is 23.6. The first-order valence-electron chi connectivity index (χ1n) is 10.8. The average Bonchev–Trinajstić information content (AvgIpc) is 2.69. The van der Waals surface area contributed by atoms with Crippen molar-refractivity contribution in [3.63, 3.8) is 0 Å². The number of hydrogen-bond donors (Lipinski definition) is 0. The molecule has 0 saturated carbocycles. The van der Waals surface area contributed by atoms with E-state index in [0.717, 1.165) is 27.6 Å². The Kier molecular flexibility index (Phi) is 6.99. The highest BCUT2D eigenvalue weighted by Gasteiger charge is 2.20. The summed E-state index contributed by atoms with van der Waals surface area (Å²) in [5, 5.41) is 1.49. The lowest BCUT2D eigenvalue weighted by Crippen LogP contribution is -2.28. The number of carbonyl (C=O) groups is 1. The van der Waals surface area contributed by atoms with E-state index in [1.54, 1.807) is 4.57 Å². The maximum absolute atomic E-state index is 13.4. The minimum absolute atomic E-state index is 0.0175. The van der Waals surface area contributed by atoms with E-state index in [-0.39, 0.29) is 12.2 Å². The van der Waals surface area contributed by atoms with Crippen LogP contribution >= 0.6 is 11.6 Å². The molecule has 0 atom stereocenters. The summed E-state index contributed by atoms with van der Waals surface area (Å²) in [5.41, 5.74) is 3.70. The number of nitrogens with zero attached hydrogens (tertiary/aromatic N) is 1. The minimum atomic E-state index is -0.584. The Morgan fingerprint density at radius 3 is 2.34 bits per heavy atom. The van der Waals surface area contributed by atoms with Gasteiger partial charge in [-0.2, -0.15) is 0 Å². The highest BCUT2D eigenvalue weighted by Crippen LogP contribution is 2.32. The molecule has 2 aromatic carbocycles. The van der Waals surface area contributed by atoms with Crippen LogP contribution in [0.15, 0.2) is 41.2 Å². The molecule has 0 spiro atoms. The molecule has 3 rings (SSSR count). The smallest absolute Gasteiger partial charge is 0.344 e. The molecule has 6 heteroatoms. The normalized spacial score (nSPS) is 11.6. The summed E-state index contributed by atoms with van der Waals surface area (Å²) >= 11 is 6.02. The Labute approximate surface area is 193 Å². The number of halogens is 1. The fourth-order valence-electron chi connectivity index (χ4n) is 3.86. The Hall–Kier alpha value is -2.79. The van der Waals surface area contributed by atoms with Crippen LogP contribution in [-0.4, -0.2) is 22.7 Å². The molecule has 0 N–H and O–H groups in total. The number of hydrogen-bond acceptors (Lipinski definition) is 4. The third-order valence-corrected chi connectivity index (χ3v) is 5.48. The van der Waals surface area contributed by atoms with E-state index in [1.165, 1.54) is 0 Å². The topological polar surface area (TPSA) is 57.5 Å². The Morgan fingerprint density at radius 1 is 1.09 bits per heavy atom. The third kappa shape index (κ3) is 5.33. The van der Waals surface area contributed by atoms with Crippen molar-refractivity contribution in [3.05, 3.63) is 74.0 Å². The molecule has 170 valence electrons. The predicted octanol–water partition coefficient (Wildman–Crippen LogP) is 5.60. The summed E-state index contributed by atoms with van der Waals surface area (Å²) in [4.78, 5) is 25.6. The van der Waals surface area contributed by atoms with E-state index in [1.807, 2.05) is 77.9 Å². The Bertz CT molecular complexity index is 1200. The summed E-state index contributed by atoms with van der Waals surface area (Å²) in [6, 6.07) is 11.4. The molecule has 0 fully saturated rings. The highest BCUT2D eigenvalue weighted by atomic mass is 35.5. The second-order valence-electron chi connectivity index (χ2n) is 8.99. The largest absolute Gasteiger partial charge is 0.481 e. The molecular formula is C26H30ClNO4. The monoisotopic (exact) mass is 455 g/mol. The number of carbonyl (C=O) groups excluding carboxylic acids is 1. The molecule has 1 heterocycles. The maximum Gasteiger partial charge on any atom is 0.344 e. The van der Waals surface area contributed by atoms with Gasteiger partial charge in [0.05, 0.1) is 5.52 Å². The zero-order valence-corrected chi connectivity index (χ0v) is 20.3. The van der Waals surface area contributed by atoms with Crippen molar-refractivity contribution in [3.8, 4) is 5.75 Å². The average molecular weight is 456 g/mol. The first-order chi connectivity index (χ1) is 15.0. The summed E-state index contributed by atoms with van der Waals surface area (Å²) in [6.07, 6.45) is 0.483. The maximum atomic E-state index is 13.4. The van der Waals surface area contributed by atoms with E-state index in [4.69, 9.17) is 21.1 Å². The van der Waals surface area contributed by atoms with Gasteiger partial charge in [0.2, 0.25) is 0 Å². The molecule has 0 bridgehead atoms. The SMILES string of the molecule is CCn1c(=O)c(Cc2ccc(Cl)cc2)c(C)c2c(OCC(=O)OC(C)(C)C)cc(C)cc21. The van der Waals surface area contributed by atoms with Crippen LogP contribution in [0.5, 0.6) is 5.75 Å². The van der Waals surface area contributed by atoms with Crippen LogP contribution in [0, 0.1) is 13.8 Å². The summed E-state index contributed by atoms with van der Waals surface area (Å²) in [5.74, 6) is 0.137. The molecule has 0 aliphatic rings. The minimum Gasteiger partial charge on any atom is -0.481 e. The van der Waals surface area contributed by atoms with Crippen LogP contribution in [0.2, 0.25) is 5.02 Å². The number of aromatic nitrogens is 1. The van der Waals surface area contributed by atoms with Gasteiger partial charge in [0, 0.05) is 28.9 Å². The van der Waals surface area contributed by atoms with E-state index in [0.29, 0.717) is 29.3 Å². The second kappa shape index (κ2) is 9.37. The van der Waals surface area contributed by atoms with Crippen LogP contribution in [0.3, 0.4) is 0 Å². The van der Waals surface area contributed by atoms with Gasteiger partial charge in [-0.05, 0) is 82.5 Å². The van der Waals surface area contributed by atoms with Crippen molar-refractivity contribution < 1.29 is 14.3 Å². The van der Waals surface area contributed by atoms with Crippen LogP contribution in [0.4, 0.5) is 0 Å².